The van der Waals surface area contributed by atoms with E-state index in [9.17, 15) is 24.5 Å². The summed E-state index contributed by atoms with van der Waals surface area (Å²) >= 11 is 0. The number of carbonyl (C=O) groups is 3. The first kappa shape index (κ1) is 23.7. The van der Waals surface area contributed by atoms with Gasteiger partial charge in [0.1, 0.15) is 12.5 Å². The topological polar surface area (TPSA) is 134 Å². The van der Waals surface area contributed by atoms with E-state index < -0.39 is 34.7 Å². The molecule has 0 spiro atoms. The first-order valence-electron chi connectivity index (χ1n) is 9.70. The summed E-state index contributed by atoms with van der Waals surface area (Å²) < 4.78 is 15.4. The van der Waals surface area contributed by atoms with Gasteiger partial charge in [0.2, 0.25) is 0 Å². The molecule has 2 rings (SSSR count). The molecule has 0 radical (unpaired) electrons. The maximum absolute atomic E-state index is 12.9. The van der Waals surface area contributed by atoms with Crippen molar-refractivity contribution >= 4 is 29.3 Å². The third kappa shape index (κ3) is 5.53. The van der Waals surface area contributed by atoms with Crippen LogP contribution in [0.1, 0.15) is 39.2 Å². The van der Waals surface area contributed by atoms with Crippen LogP contribution in [0.2, 0.25) is 0 Å². The SMILES string of the molecule is CCOC(=O)C1=C(COC(C)=O)N=C(C)C(C(=O)OCC)C1c1cccc([N+](=O)[O-])c1. The molecule has 10 heteroatoms. The monoisotopic (exact) mass is 432 g/mol. The van der Waals surface area contributed by atoms with E-state index in [0.29, 0.717) is 11.3 Å². The fraction of sp³-hybridized carbons (Fsp3) is 0.429. The zero-order valence-electron chi connectivity index (χ0n) is 17.7. The predicted molar refractivity (Wildman–Crippen MR) is 109 cm³/mol. The number of carbonyl (C=O) groups excluding carboxylic acids is 3. The van der Waals surface area contributed by atoms with Gasteiger partial charge >= 0.3 is 17.9 Å². The van der Waals surface area contributed by atoms with Crippen LogP contribution in [0.25, 0.3) is 0 Å². The van der Waals surface area contributed by atoms with Crippen molar-refractivity contribution in [1.82, 2.24) is 0 Å². The summed E-state index contributed by atoms with van der Waals surface area (Å²) in [4.78, 5) is 52.1. The molecule has 166 valence electrons. The quantitative estimate of drug-likeness (QED) is 0.265. The summed E-state index contributed by atoms with van der Waals surface area (Å²) in [6.45, 7) is 5.89. The van der Waals surface area contributed by atoms with E-state index in [1.54, 1.807) is 26.8 Å². The van der Waals surface area contributed by atoms with Crippen LogP contribution in [-0.4, -0.2) is 48.4 Å². The average Bonchev–Trinajstić information content (AvgIpc) is 2.71. The standard InChI is InChI=1S/C21H24N2O8/c1-5-29-20(25)17-12(3)22-16(11-31-13(4)24)19(21(26)30-6-2)18(17)14-8-7-9-15(10-14)23(27)28/h7-10,17-18H,5-6,11H2,1-4H3. The number of nitro groups is 1. The Kier molecular flexibility index (Phi) is 8.00. The maximum atomic E-state index is 12.9. The highest BCUT2D eigenvalue weighted by Crippen LogP contribution is 2.41. The van der Waals surface area contributed by atoms with Gasteiger partial charge in [0.15, 0.2) is 0 Å². The summed E-state index contributed by atoms with van der Waals surface area (Å²) in [6, 6.07) is 5.63. The number of nitrogens with zero attached hydrogens (tertiary/aromatic N) is 2. The minimum atomic E-state index is -1.01. The summed E-state index contributed by atoms with van der Waals surface area (Å²) in [5.74, 6) is -3.95. The molecule has 0 bridgehead atoms. The summed E-state index contributed by atoms with van der Waals surface area (Å²) in [5.41, 5.74) is 0.565. The van der Waals surface area contributed by atoms with E-state index in [0.717, 1.165) is 0 Å². The number of aliphatic imine (C=N–C) groups is 1. The summed E-state index contributed by atoms with van der Waals surface area (Å²) in [6.07, 6.45) is 0. The molecule has 10 nitrogen and oxygen atoms in total. The first-order chi connectivity index (χ1) is 14.7. The van der Waals surface area contributed by atoms with Crippen molar-refractivity contribution < 1.29 is 33.5 Å². The molecule has 0 fully saturated rings. The number of nitro benzene ring substituents is 1. The largest absolute Gasteiger partial charge is 0.465 e. The average molecular weight is 432 g/mol. The number of non-ortho nitro benzene ring substituents is 1. The zero-order chi connectivity index (χ0) is 23.1. The minimum Gasteiger partial charge on any atom is -0.465 e. The van der Waals surface area contributed by atoms with Crippen molar-refractivity contribution in [2.24, 2.45) is 10.9 Å². The van der Waals surface area contributed by atoms with Crippen molar-refractivity contribution in [3.8, 4) is 0 Å². The van der Waals surface area contributed by atoms with Gasteiger partial charge in [0.05, 0.1) is 29.4 Å². The molecule has 0 aromatic heterocycles. The molecule has 0 saturated carbocycles. The Labute approximate surface area is 179 Å². The van der Waals surface area contributed by atoms with E-state index in [2.05, 4.69) is 4.99 Å². The van der Waals surface area contributed by atoms with E-state index in [4.69, 9.17) is 14.2 Å². The Morgan fingerprint density at radius 2 is 1.81 bits per heavy atom. The van der Waals surface area contributed by atoms with Crippen LogP contribution < -0.4 is 0 Å². The number of esters is 3. The Hall–Kier alpha value is -3.56. The molecular weight excluding hydrogens is 408 g/mol. The Bertz CT molecular complexity index is 950. The van der Waals surface area contributed by atoms with Crippen LogP contribution in [-0.2, 0) is 28.6 Å². The Balaban J connectivity index is 2.74. The lowest BCUT2D eigenvalue weighted by Gasteiger charge is -2.32. The van der Waals surface area contributed by atoms with Gasteiger partial charge in [-0.25, -0.2) is 4.79 Å². The van der Waals surface area contributed by atoms with Gasteiger partial charge < -0.3 is 14.2 Å². The third-order valence-corrected chi connectivity index (χ3v) is 4.60. The molecule has 0 saturated heterocycles. The highest BCUT2D eigenvalue weighted by Gasteiger charge is 2.43. The maximum Gasteiger partial charge on any atom is 0.336 e. The molecule has 0 N–H and O–H groups in total. The van der Waals surface area contributed by atoms with Gasteiger partial charge in [-0.3, -0.25) is 24.7 Å². The molecule has 1 heterocycles. The van der Waals surface area contributed by atoms with Gasteiger partial charge in [-0.05, 0) is 26.3 Å². The number of hydrogen-bond acceptors (Lipinski definition) is 9. The fourth-order valence-electron chi connectivity index (χ4n) is 3.39. The van der Waals surface area contributed by atoms with E-state index in [1.807, 2.05) is 0 Å². The number of rotatable bonds is 8. The smallest absolute Gasteiger partial charge is 0.336 e. The van der Waals surface area contributed by atoms with Gasteiger partial charge in [-0.2, -0.15) is 0 Å². The fourth-order valence-corrected chi connectivity index (χ4v) is 3.39. The van der Waals surface area contributed by atoms with Crippen LogP contribution in [0, 0.1) is 16.0 Å². The van der Waals surface area contributed by atoms with Gasteiger partial charge in [-0.15, -0.1) is 0 Å². The zero-order valence-corrected chi connectivity index (χ0v) is 17.7. The van der Waals surface area contributed by atoms with E-state index in [1.165, 1.54) is 25.1 Å². The highest BCUT2D eigenvalue weighted by atomic mass is 16.6. The number of ether oxygens (including phenoxy) is 3. The molecule has 1 aromatic rings. The van der Waals surface area contributed by atoms with E-state index in [-0.39, 0.29) is 36.8 Å². The molecule has 2 unspecified atom stereocenters. The van der Waals surface area contributed by atoms with Crippen molar-refractivity contribution in [2.75, 3.05) is 19.8 Å². The molecule has 1 aromatic carbocycles. The minimum absolute atomic E-state index is 0.00717. The third-order valence-electron chi connectivity index (χ3n) is 4.60. The summed E-state index contributed by atoms with van der Waals surface area (Å²) in [5, 5.41) is 11.3. The highest BCUT2D eigenvalue weighted by molar-refractivity contribution is 6.07. The Morgan fingerprint density at radius 3 is 2.39 bits per heavy atom. The number of benzene rings is 1. The van der Waals surface area contributed by atoms with Crippen LogP contribution in [0.4, 0.5) is 5.69 Å². The van der Waals surface area contributed by atoms with Crippen molar-refractivity contribution in [2.45, 2.75) is 33.6 Å². The van der Waals surface area contributed by atoms with E-state index >= 15 is 0 Å². The van der Waals surface area contributed by atoms with Crippen molar-refractivity contribution in [3.05, 3.63) is 51.2 Å². The van der Waals surface area contributed by atoms with Gasteiger partial charge in [-0.1, -0.05) is 12.1 Å². The lowest BCUT2D eigenvalue weighted by atomic mass is 9.75. The lowest BCUT2D eigenvalue weighted by Crippen LogP contribution is -2.37. The first-order valence-corrected chi connectivity index (χ1v) is 9.70. The molecule has 1 aliphatic heterocycles. The van der Waals surface area contributed by atoms with Crippen LogP contribution in [0.5, 0.6) is 0 Å². The molecule has 0 amide bonds. The predicted octanol–water partition coefficient (Wildman–Crippen LogP) is 2.71. The molecular formula is C21H24N2O8. The molecule has 1 aliphatic rings. The van der Waals surface area contributed by atoms with Crippen molar-refractivity contribution in [1.29, 1.82) is 0 Å². The second-order valence-corrected chi connectivity index (χ2v) is 6.67. The van der Waals surface area contributed by atoms with Crippen LogP contribution in [0.3, 0.4) is 0 Å². The van der Waals surface area contributed by atoms with Gasteiger partial charge in [0, 0.05) is 30.7 Å². The van der Waals surface area contributed by atoms with Crippen LogP contribution in [0.15, 0.2) is 40.5 Å². The normalized spacial score (nSPS) is 18.1. The molecule has 2 atom stereocenters. The second-order valence-electron chi connectivity index (χ2n) is 6.67. The van der Waals surface area contributed by atoms with Gasteiger partial charge in [0.25, 0.3) is 5.69 Å². The second kappa shape index (κ2) is 10.5. The van der Waals surface area contributed by atoms with Crippen molar-refractivity contribution in [3.63, 3.8) is 0 Å². The Morgan fingerprint density at radius 1 is 1.13 bits per heavy atom. The lowest BCUT2D eigenvalue weighted by molar-refractivity contribution is -0.384. The molecule has 31 heavy (non-hydrogen) atoms. The number of hydrogen-bond donors (Lipinski definition) is 0. The van der Waals surface area contributed by atoms with Crippen LogP contribution >= 0.6 is 0 Å². The molecule has 0 aliphatic carbocycles. The summed E-state index contributed by atoms with van der Waals surface area (Å²) in [7, 11) is 0.